The molecule has 0 unspecified atom stereocenters. The Morgan fingerprint density at radius 3 is 2.11 bits per heavy atom. The minimum absolute atomic E-state index is 0.0942. The van der Waals surface area contributed by atoms with Crippen molar-refractivity contribution in [3.8, 4) is 0 Å². The molecule has 96 valence electrons. The van der Waals surface area contributed by atoms with E-state index in [1.807, 2.05) is 60.7 Å². The lowest BCUT2D eigenvalue weighted by Gasteiger charge is -2.11. The lowest BCUT2D eigenvalue weighted by Crippen LogP contribution is -2.36. The van der Waals surface area contributed by atoms with Crippen molar-refractivity contribution in [1.82, 2.24) is 10.9 Å². The largest absolute Gasteiger partial charge is 0.299 e. The molecule has 0 atom stereocenters. The van der Waals surface area contributed by atoms with Gasteiger partial charge in [0.05, 0.1) is 12.1 Å². The first-order chi connectivity index (χ1) is 9.25. The fraction of sp³-hybridized carbons (Fsp3) is 0.0625. The minimum Gasteiger partial charge on any atom is -0.299 e. The third kappa shape index (κ3) is 4.00. The van der Waals surface area contributed by atoms with Crippen LogP contribution in [0.1, 0.15) is 11.1 Å². The average Bonchev–Trinajstić information content (AvgIpc) is 2.47. The van der Waals surface area contributed by atoms with Crippen LogP contribution in [-0.4, -0.2) is 5.91 Å². The Morgan fingerprint density at radius 2 is 1.47 bits per heavy atom. The van der Waals surface area contributed by atoms with Gasteiger partial charge in [-0.1, -0.05) is 67.2 Å². The first-order valence-corrected chi connectivity index (χ1v) is 6.09. The van der Waals surface area contributed by atoms with Gasteiger partial charge in [0, 0.05) is 0 Å². The summed E-state index contributed by atoms with van der Waals surface area (Å²) in [5, 5.41) is 0. The van der Waals surface area contributed by atoms with E-state index in [1.54, 1.807) is 0 Å². The number of nitrogens with one attached hydrogen (secondary N) is 2. The molecule has 0 aliphatic heterocycles. The Hall–Kier alpha value is -2.55. The molecule has 0 spiro atoms. The summed E-state index contributed by atoms with van der Waals surface area (Å²) < 4.78 is 0. The molecule has 2 N–H and O–H groups in total. The molecule has 0 saturated heterocycles. The van der Waals surface area contributed by atoms with Gasteiger partial charge in [0.15, 0.2) is 0 Å². The number of hydrogen-bond acceptors (Lipinski definition) is 2. The quantitative estimate of drug-likeness (QED) is 0.803. The summed E-state index contributed by atoms with van der Waals surface area (Å²) >= 11 is 0. The third-order valence-electron chi connectivity index (χ3n) is 2.68. The molecule has 1 amide bonds. The van der Waals surface area contributed by atoms with Gasteiger partial charge < -0.3 is 0 Å². The molecule has 2 rings (SSSR count). The van der Waals surface area contributed by atoms with E-state index in [4.69, 9.17) is 0 Å². The zero-order valence-corrected chi connectivity index (χ0v) is 10.6. The number of amides is 1. The molecule has 0 aliphatic carbocycles. The molecule has 0 heterocycles. The van der Waals surface area contributed by atoms with Crippen molar-refractivity contribution in [3.05, 3.63) is 78.4 Å². The second-order valence-electron chi connectivity index (χ2n) is 4.18. The number of rotatable bonds is 5. The van der Waals surface area contributed by atoms with Gasteiger partial charge in [0.2, 0.25) is 5.91 Å². The molecule has 0 aromatic heterocycles. The van der Waals surface area contributed by atoms with Gasteiger partial charge in [-0.25, -0.2) is 0 Å². The Labute approximate surface area is 112 Å². The average molecular weight is 252 g/mol. The predicted octanol–water partition coefficient (Wildman–Crippen LogP) is 2.52. The second-order valence-corrected chi connectivity index (χ2v) is 4.18. The Morgan fingerprint density at radius 1 is 0.895 bits per heavy atom. The van der Waals surface area contributed by atoms with Gasteiger partial charge in [0.25, 0.3) is 0 Å². The van der Waals surface area contributed by atoms with Gasteiger partial charge in [-0.05, 0) is 11.1 Å². The summed E-state index contributed by atoms with van der Waals surface area (Å²) in [4.78, 5) is 11.7. The van der Waals surface area contributed by atoms with E-state index in [9.17, 15) is 4.79 Å². The molecule has 0 saturated carbocycles. The van der Waals surface area contributed by atoms with Gasteiger partial charge in [-0.15, -0.1) is 0 Å². The molecule has 19 heavy (non-hydrogen) atoms. The van der Waals surface area contributed by atoms with Crippen LogP contribution in [0.2, 0.25) is 0 Å². The van der Waals surface area contributed by atoms with Crippen molar-refractivity contribution in [1.29, 1.82) is 0 Å². The highest BCUT2D eigenvalue weighted by Gasteiger charge is 2.03. The van der Waals surface area contributed by atoms with Crippen LogP contribution in [0.3, 0.4) is 0 Å². The molecular formula is C16H16N2O. The first kappa shape index (κ1) is 12.9. The highest BCUT2D eigenvalue weighted by molar-refractivity contribution is 5.79. The van der Waals surface area contributed by atoms with E-state index in [-0.39, 0.29) is 5.91 Å². The van der Waals surface area contributed by atoms with E-state index in [0.29, 0.717) is 12.1 Å². The maximum Gasteiger partial charge on any atom is 0.242 e. The zero-order valence-electron chi connectivity index (χ0n) is 10.6. The maximum atomic E-state index is 11.7. The lowest BCUT2D eigenvalue weighted by atomic mass is 10.1. The molecule has 0 aliphatic rings. The minimum atomic E-state index is -0.0942. The summed E-state index contributed by atoms with van der Waals surface area (Å²) in [5.41, 5.74) is 8.06. The topological polar surface area (TPSA) is 41.1 Å². The molecule has 2 aromatic carbocycles. The Kier molecular flexibility index (Phi) is 4.34. The van der Waals surface area contributed by atoms with Gasteiger partial charge in [-0.3, -0.25) is 15.6 Å². The Balaban J connectivity index is 1.83. The molecule has 0 radical (unpaired) electrons. The zero-order chi connectivity index (χ0) is 13.5. The highest BCUT2D eigenvalue weighted by atomic mass is 16.2. The number of carbonyl (C=O) groups is 1. The molecule has 3 heteroatoms. The monoisotopic (exact) mass is 252 g/mol. The van der Waals surface area contributed by atoms with Crippen LogP contribution in [-0.2, 0) is 11.2 Å². The molecular weight excluding hydrogens is 236 g/mol. The van der Waals surface area contributed by atoms with Gasteiger partial charge in [0.1, 0.15) is 0 Å². The van der Waals surface area contributed by atoms with Crippen LogP contribution < -0.4 is 10.9 Å². The maximum absolute atomic E-state index is 11.7. The van der Waals surface area contributed by atoms with Crippen LogP contribution in [0.15, 0.2) is 67.2 Å². The van der Waals surface area contributed by atoms with E-state index in [2.05, 4.69) is 17.4 Å². The van der Waals surface area contributed by atoms with Gasteiger partial charge >= 0.3 is 0 Å². The van der Waals surface area contributed by atoms with E-state index in [0.717, 1.165) is 11.1 Å². The van der Waals surface area contributed by atoms with Crippen molar-refractivity contribution in [2.24, 2.45) is 0 Å². The third-order valence-corrected chi connectivity index (χ3v) is 2.68. The van der Waals surface area contributed by atoms with Crippen molar-refractivity contribution < 1.29 is 4.79 Å². The van der Waals surface area contributed by atoms with Crippen LogP contribution >= 0.6 is 0 Å². The highest BCUT2D eigenvalue weighted by Crippen LogP contribution is 2.06. The van der Waals surface area contributed by atoms with Crippen LogP contribution in [0.4, 0.5) is 0 Å². The summed E-state index contributed by atoms with van der Waals surface area (Å²) in [6.07, 6.45) is 0.343. The van der Waals surface area contributed by atoms with Crippen molar-refractivity contribution in [3.63, 3.8) is 0 Å². The second kappa shape index (κ2) is 6.40. The van der Waals surface area contributed by atoms with Crippen LogP contribution in [0.5, 0.6) is 0 Å². The van der Waals surface area contributed by atoms with Gasteiger partial charge in [-0.2, -0.15) is 0 Å². The van der Waals surface area contributed by atoms with Crippen LogP contribution in [0.25, 0.3) is 5.70 Å². The lowest BCUT2D eigenvalue weighted by molar-refractivity contribution is -0.121. The van der Waals surface area contributed by atoms with E-state index < -0.39 is 0 Å². The number of hydrogen-bond donors (Lipinski definition) is 2. The van der Waals surface area contributed by atoms with E-state index in [1.165, 1.54) is 0 Å². The smallest absolute Gasteiger partial charge is 0.242 e. The fourth-order valence-electron chi connectivity index (χ4n) is 1.68. The predicted molar refractivity (Wildman–Crippen MR) is 76.9 cm³/mol. The standard InChI is InChI=1S/C16H16N2O/c1-13(15-10-6-3-7-11-15)17-18-16(19)12-14-8-4-2-5-9-14/h2-11,17H,1,12H2,(H,18,19). The van der Waals surface area contributed by atoms with Crippen molar-refractivity contribution >= 4 is 11.6 Å². The summed E-state index contributed by atoms with van der Waals surface area (Å²) in [5.74, 6) is -0.0942. The van der Waals surface area contributed by atoms with Crippen molar-refractivity contribution in [2.45, 2.75) is 6.42 Å². The molecule has 2 aromatic rings. The fourth-order valence-corrected chi connectivity index (χ4v) is 1.68. The first-order valence-electron chi connectivity index (χ1n) is 6.09. The SMILES string of the molecule is C=C(NNC(=O)Cc1ccccc1)c1ccccc1. The van der Waals surface area contributed by atoms with E-state index >= 15 is 0 Å². The Bertz CT molecular complexity index is 549. The van der Waals surface area contributed by atoms with Crippen molar-refractivity contribution in [2.75, 3.05) is 0 Å². The van der Waals surface area contributed by atoms with Crippen LogP contribution in [0, 0.1) is 0 Å². The molecule has 0 bridgehead atoms. The number of carbonyl (C=O) groups excluding carboxylic acids is 1. The summed E-state index contributed by atoms with van der Waals surface area (Å²) in [7, 11) is 0. The number of benzene rings is 2. The summed E-state index contributed by atoms with van der Waals surface area (Å²) in [6.45, 7) is 3.88. The summed E-state index contributed by atoms with van der Waals surface area (Å²) in [6, 6.07) is 19.2. The normalized spacial score (nSPS) is 9.68. The number of hydrazine groups is 1. The molecule has 0 fully saturated rings. The molecule has 3 nitrogen and oxygen atoms in total.